The van der Waals surface area contributed by atoms with Crippen LogP contribution in [0.25, 0.3) is 27.6 Å². The van der Waals surface area contributed by atoms with Crippen LogP contribution in [-0.4, -0.2) is 28.7 Å². The maximum Gasteiger partial charge on any atom is 0.262 e. The van der Waals surface area contributed by atoms with Crippen molar-refractivity contribution in [1.82, 2.24) is 28.7 Å². The van der Waals surface area contributed by atoms with Gasteiger partial charge in [0, 0.05) is 6.54 Å². The molecule has 28 heavy (non-hydrogen) atoms. The molecule has 8 nitrogen and oxygen atoms in total. The Labute approximate surface area is 158 Å². The van der Waals surface area contributed by atoms with Crippen LogP contribution in [0.5, 0.6) is 0 Å². The fraction of sp³-hybridized carbons (Fsp3) is 0.150. The summed E-state index contributed by atoms with van der Waals surface area (Å²) in [4.78, 5) is 30.0. The zero-order valence-electron chi connectivity index (χ0n) is 15.1. The molecule has 8 heteroatoms. The molecule has 0 spiro atoms. The quantitative estimate of drug-likeness (QED) is 0.482. The molecular formula is C20H16N6O2. The van der Waals surface area contributed by atoms with Crippen LogP contribution < -0.4 is 11.1 Å². The van der Waals surface area contributed by atoms with E-state index in [1.165, 1.54) is 10.9 Å². The molecule has 0 radical (unpaired) electrons. The summed E-state index contributed by atoms with van der Waals surface area (Å²) in [5.41, 5.74) is 1.12. The number of hydrogen-bond acceptors (Lipinski definition) is 5. The maximum absolute atomic E-state index is 12.8. The molecule has 0 aliphatic heterocycles. The van der Waals surface area contributed by atoms with Crippen molar-refractivity contribution in [2.24, 2.45) is 0 Å². The molecule has 5 aromatic rings. The molecule has 5 rings (SSSR count). The minimum Gasteiger partial charge on any atom is -0.291 e. The van der Waals surface area contributed by atoms with Gasteiger partial charge < -0.3 is 0 Å². The fourth-order valence-corrected chi connectivity index (χ4v) is 3.57. The number of para-hydroxylation sites is 2. The smallest absolute Gasteiger partial charge is 0.262 e. The van der Waals surface area contributed by atoms with Crippen molar-refractivity contribution in [3.8, 4) is 0 Å². The van der Waals surface area contributed by atoms with Gasteiger partial charge in [-0.25, -0.2) is 4.98 Å². The van der Waals surface area contributed by atoms with Crippen molar-refractivity contribution in [2.75, 3.05) is 0 Å². The van der Waals surface area contributed by atoms with E-state index < -0.39 is 0 Å². The number of rotatable bonds is 3. The summed E-state index contributed by atoms with van der Waals surface area (Å²) in [5.74, 6) is 1.02. The molecule has 138 valence electrons. The Morgan fingerprint density at radius 1 is 0.893 bits per heavy atom. The Hall–Kier alpha value is -3.81. The van der Waals surface area contributed by atoms with Crippen molar-refractivity contribution < 1.29 is 0 Å². The first-order valence-electron chi connectivity index (χ1n) is 8.98. The van der Waals surface area contributed by atoms with Gasteiger partial charge >= 0.3 is 0 Å². The molecule has 0 amide bonds. The molecule has 0 saturated carbocycles. The van der Waals surface area contributed by atoms with Gasteiger partial charge in [0.15, 0.2) is 5.82 Å². The average molecular weight is 372 g/mol. The van der Waals surface area contributed by atoms with E-state index in [4.69, 9.17) is 0 Å². The molecule has 0 fully saturated rings. The first kappa shape index (κ1) is 16.4. The first-order chi connectivity index (χ1) is 13.7. The van der Waals surface area contributed by atoms with Gasteiger partial charge in [-0.15, -0.1) is 10.2 Å². The predicted molar refractivity (Wildman–Crippen MR) is 106 cm³/mol. The molecule has 2 aromatic carbocycles. The highest BCUT2D eigenvalue weighted by molar-refractivity contribution is 5.80. The van der Waals surface area contributed by atoms with E-state index in [9.17, 15) is 9.59 Å². The van der Waals surface area contributed by atoms with Crippen LogP contribution in [0.1, 0.15) is 12.7 Å². The molecule has 3 aromatic heterocycles. The molecule has 0 aliphatic rings. The molecule has 0 saturated heterocycles. The SMILES string of the molecule is CCn1c(=O)c2ccccc2n2c(Cn3cnc4ccccc4c3=O)nnc12. The third-order valence-electron chi connectivity index (χ3n) is 4.93. The van der Waals surface area contributed by atoms with Crippen molar-refractivity contribution in [1.29, 1.82) is 0 Å². The van der Waals surface area contributed by atoms with Crippen molar-refractivity contribution in [3.63, 3.8) is 0 Å². The summed E-state index contributed by atoms with van der Waals surface area (Å²) in [6.07, 6.45) is 1.52. The lowest BCUT2D eigenvalue weighted by molar-refractivity contribution is 0.697. The zero-order chi connectivity index (χ0) is 19.3. The van der Waals surface area contributed by atoms with E-state index >= 15 is 0 Å². The Morgan fingerprint density at radius 2 is 1.64 bits per heavy atom. The van der Waals surface area contributed by atoms with E-state index in [1.807, 2.05) is 41.7 Å². The summed E-state index contributed by atoms with van der Waals surface area (Å²) in [6, 6.07) is 14.6. The Bertz CT molecular complexity index is 1480. The van der Waals surface area contributed by atoms with Crippen molar-refractivity contribution in [3.05, 3.63) is 81.4 Å². The number of aromatic nitrogens is 6. The van der Waals surface area contributed by atoms with E-state index in [0.29, 0.717) is 40.0 Å². The predicted octanol–water partition coefficient (Wildman–Crippen LogP) is 1.82. The lowest BCUT2D eigenvalue weighted by atomic mass is 10.2. The monoisotopic (exact) mass is 372 g/mol. The lowest BCUT2D eigenvalue weighted by Crippen LogP contribution is -2.24. The average Bonchev–Trinajstić information content (AvgIpc) is 3.14. The van der Waals surface area contributed by atoms with Gasteiger partial charge in [-0.3, -0.25) is 23.1 Å². The normalized spacial score (nSPS) is 11.6. The summed E-state index contributed by atoms with van der Waals surface area (Å²) in [5, 5.41) is 9.64. The minimum absolute atomic E-state index is 0.103. The number of benzene rings is 2. The Balaban J connectivity index is 1.77. The van der Waals surface area contributed by atoms with Crippen molar-refractivity contribution >= 4 is 27.6 Å². The maximum atomic E-state index is 12.8. The summed E-state index contributed by atoms with van der Waals surface area (Å²) in [7, 11) is 0. The van der Waals surface area contributed by atoms with Gasteiger partial charge in [0.1, 0.15) is 0 Å². The third-order valence-corrected chi connectivity index (χ3v) is 4.93. The van der Waals surface area contributed by atoms with Crippen LogP contribution in [-0.2, 0) is 13.1 Å². The van der Waals surface area contributed by atoms with Crippen LogP contribution in [0.3, 0.4) is 0 Å². The molecule has 0 aliphatic carbocycles. The highest BCUT2D eigenvalue weighted by Crippen LogP contribution is 2.15. The van der Waals surface area contributed by atoms with Crippen molar-refractivity contribution in [2.45, 2.75) is 20.0 Å². The van der Waals surface area contributed by atoms with Gasteiger partial charge in [0.2, 0.25) is 5.78 Å². The highest BCUT2D eigenvalue weighted by Gasteiger charge is 2.16. The van der Waals surface area contributed by atoms with Crippen LogP contribution in [0.4, 0.5) is 0 Å². The number of aryl methyl sites for hydroxylation is 1. The number of nitrogens with zero attached hydrogens (tertiary/aromatic N) is 6. The van der Waals surface area contributed by atoms with E-state index in [2.05, 4.69) is 15.2 Å². The van der Waals surface area contributed by atoms with Crippen LogP contribution in [0, 0.1) is 0 Å². The van der Waals surface area contributed by atoms with Gasteiger partial charge in [-0.05, 0) is 31.2 Å². The van der Waals surface area contributed by atoms with E-state index in [1.54, 1.807) is 22.8 Å². The molecule has 0 N–H and O–H groups in total. The molecular weight excluding hydrogens is 356 g/mol. The molecule has 0 bridgehead atoms. The second-order valence-electron chi connectivity index (χ2n) is 6.51. The highest BCUT2D eigenvalue weighted by atomic mass is 16.1. The fourth-order valence-electron chi connectivity index (χ4n) is 3.57. The Kier molecular flexibility index (Phi) is 3.58. The van der Waals surface area contributed by atoms with Gasteiger partial charge in [-0.1, -0.05) is 24.3 Å². The molecule has 0 atom stereocenters. The standard InChI is InChI=1S/C20H16N6O2/c1-2-25-19(28)14-8-4-6-10-16(14)26-17(22-23-20(25)26)11-24-12-21-15-9-5-3-7-13(15)18(24)27/h3-10,12H,2,11H2,1H3. The largest absolute Gasteiger partial charge is 0.291 e. The first-order valence-corrected chi connectivity index (χ1v) is 8.98. The third kappa shape index (κ3) is 2.27. The lowest BCUT2D eigenvalue weighted by Gasteiger charge is -2.10. The van der Waals surface area contributed by atoms with Crippen LogP contribution in [0.15, 0.2) is 64.4 Å². The Morgan fingerprint density at radius 3 is 2.46 bits per heavy atom. The van der Waals surface area contributed by atoms with Gasteiger partial charge in [0.25, 0.3) is 11.1 Å². The van der Waals surface area contributed by atoms with E-state index in [-0.39, 0.29) is 17.7 Å². The topological polar surface area (TPSA) is 87.1 Å². The number of fused-ring (bicyclic) bond motifs is 4. The van der Waals surface area contributed by atoms with Crippen LogP contribution in [0.2, 0.25) is 0 Å². The van der Waals surface area contributed by atoms with Gasteiger partial charge in [0.05, 0.1) is 34.7 Å². The van der Waals surface area contributed by atoms with Gasteiger partial charge in [-0.2, -0.15) is 0 Å². The molecule has 3 heterocycles. The van der Waals surface area contributed by atoms with Crippen LogP contribution >= 0.6 is 0 Å². The van der Waals surface area contributed by atoms with E-state index in [0.717, 1.165) is 0 Å². The second-order valence-corrected chi connectivity index (χ2v) is 6.51. The summed E-state index contributed by atoms with van der Waals surface area (Å²) in [6.45, 7) is 2.56. The number of hydrogen-bond donors (Lipinski definition) is 0. The molecule has 0 unspecified atom stereocenters. The minimum atomic E-state index is -0.143. The summed E-state index contributed by atoms with van der Waals surface area (Å²) < 4.78 is 4.93. The zero-order valence-corrected chi connectivity index (χ0v) is 15.1. The summed E-state index contributed by atoms with van der Waals surface area (Å²) >= 11 is 0. The second kappa shape index (κ2) is 6.12.